The van der Waals surface area contributed by atoms with E-state index in [4.69, 9.17) is 5.73 Å². The average molecular weight is 472 g/mol. The van der Waals surface area contributed by atoms with Gasteiger partial charge in [-0.15, -0.1) is 10.2 Å². The van der Waals surface area contributed by atoms with Gasteiger partial charge in [-0.1, -0.05) is 6.07 Å². The fourth-order valence-electron chi connectivity index (χ4n) is 5.55. The number of aromatic amines is 1. The number of rotatable bonds is 5. The van der Waals surface area contributed by atoms with E-state index >= 15 is 0 Å². The number of nitrogens with one attached hydrogen (secondary N) is 1. The quantitative estimate of drug-likeness (QED) is 0.679. The summed E-state index contributed by atoms with van der Waals surface area (Å²) in [4.78, 5) is -0.772. The van der Waals surface area contributed by atoms with Crippen LogP contribution < -0.4 is 5.73 Å². The van der Waals surface area contributed by atoms with E-state index in [2.05, 4.69) is 20.6 Å². The number of nitrogens with zero attached hydrogens (tertiary/aromatic N) is 3. The van der Waals surface area contributed by atoms with Crippen molar-refractivity contribution in [1.82, 2.24) is 20.6 Å². The molecule has 2 unspecified atom stereocenters. The third-order valence-corrected chi connectivity index (χ3v) is 8.14. The van der Waals surface area contributed by atoms with Gasteiger partial charge in [-0.05, 0) is 86.0 Å². The molecule has 1 heterocycles. The molecule has 2 aromatic rings. The van der Waals surface area contributed by atoms with Gasteiger partial charge in [0.1, 0.15) is 0 Å². The highest BCUT2D eigenvalue weighted by molar-refractivity contribution is 7.91. The summed E-state index contributed by atoms with van der Waals surface area (Å²) in [5.41, 5.74) is 5.30. The maximum Gasteiger partial charge on any atom is 0.417 e. The van der Waals surface area contributed by atoms with Gasteiger partial charge in [0.2, 0.25) is 5.82 Å². The Bertz CT molecular complexity index is 1050. The molecule has 2 aliphatic carbocycles. The molecule has 7 nitrogen and oxygen atoms in total. The van der Waals surface area contributed by atoms with Crippen LogP contribution in [-0.2, 0) is 16.0 Å². The number of tetrazole rings is 1. The Morgan fingerprint density at radius 1 is 1.09 bits per heavy atom. The monoisotopic (exact) mass is 471 g/mol. The highest BCUT2D eigenvalue weighted by Gasteiger charge is 2.40. The van der Waals surface area contributed by atoms with E-state index in [-0.39, 0.29) is 17.3 Å². The van der Waals surface area contributed by atoms with Crippen LogP contribution in [-0.4, -0.2) is 41.3 Å². The van der Waals surface area contributed by atoms with Gasteiger partial charge in [-0.2, -0.15) is 18.4 Å². The zero-order valence-electron chi connectivity index (χ0n) is 17.9. The predicted molar refractivity (Wildman–Crippen MR) is 112 cm³/mol. The summed E-state index contributed by atoms with van der Waals surface area (Å²) in [6.07, 6.45) is 3.88. The first-order valence-electron chi connectivity index (χ1n) is 11.0. The van der Waals surface area contributed by atoms with Crippen LogP contribution in [0.4, 0.5) is 13.2 Å². The van der Waals surface area contributed by atoms with Crippen molar-refractivity contribution in [1.29, 1.82) is 0 Å². The first kappa shape index (κ1) is 23.2. The molecule has 0 bridgehead atoms. The van der Waals surface area contributed by atoms with Crippen molar-refractivity contribution >= 4 is 9.84 Å². The molecule has 4 rings (SSSR count). The first-order valence-corrected chi connectivity index (χ1v) is 12.9. The highest BCUT2D eigenvalue weighted by Crippen LogP contribution is 2.46. The standard InChI is InChI=1S/C21H28F3N5O2S/c1-32(30,31)19-17(21(22,23)24)9-8-16(18(19)20-26-28-29-27-20)14-5-2-12(3-6-14)10-13-4-7-15(25)11-13/h8-9,12-15H,2-7,10-11,25H2,1H3,(H,26,27,28,29). The van der Waals surface area contributed by atoms with E-state index in [9.17, 15) is 21.6 Å². The fourth-order valence-corrected chi connectivity index (χ4v) is 6.72. The number of benzene rings is 1. The Morgan fingerprint density at radius 3 is 2.31 bits per heavy atom. The SMILES string of the molecule is CS(=O)(=O)c1c(C(F)(F)F)ccc(C2CCC(CC3CCC(N)C3)CC2)c1-c1nn[nH]n1. The van der Waals surface area contributed by atoms with Gasteiger partial charge in [-0.25, -0.2) is 8.42 Å². The van der Waals surface area contributed by atoms with Crippen LogP contribution in [0.15, 0.2) is 17.0 Å². The predicted octanol–water partition coefficient (Wildman–Crippen LogP) is 4.08. The molecule has 0 amide bonds. The lowest BCUT2D eigenvalue weighted by atomic mass is 9.74. The number of aromatic nitrogens is 4. The van der Waals surface area contributed by atoms with E-state index < -0.39 is 26.5 Å². The smallest absolute Gasteiger partial charge is 0.328 e. The van der Waals surface area contributed by atoms with Crippen LogP contribution in [0.5, 0.6) is 0 Å². The molecule has 2 fully saturated rings. The molecule has 1 aromatic carbocycles. The van der Waals surface area contributed by atoms with E-state index in [1.165, 1.54) is 12.5 Å². The molecule has 2 aliphatic rings. The minimum absolute atomic E-state index is 0.0617. The van der Waals surface area contributed by atoms with Crippen molar-refractivity contribution in [3.63, 3.8) is 0 Å². The molecule has 32 heavy (non-hydrogen) atoms. The molecule has 176 valence electrons. The van der Waals surface area contributed by atoms with Gasteiger partial charge in [0.05, 0.1) is 10.5 Å². The largest absolute Gasteiger partial charge is 0.417 e. The number of nitrogens with two attached hydrogens (primary N) is 1. The van der Waals surface area contributed by atoms with Crippen LogP contribution in [0, 0.1) is 11.8 Å². The second-order valence-electron chi connectivity index (χ2n) is 9.30. The lowest BCUT2D eigenvalue weighted by Gasteiger charge is -2.32. The summed E-state index contributed by atoms with van der Waals surface area (Å²) in [6.45, 7) is 0. The Morgan fingerprint density at radius 2 is 1.78 bits per heavy atom. The van der Waals surface area contributed by atoms with Gasteiger partial charge < -0.3 is 5.73 Å². The maximum absolute atomic E-state index is 13.7. The topological polar surface area (TPSA) is 115 Å². The van der Waals surface area contributed by atoms with Crippen LogP contribution in [0.3, 0.4) is 0 Å². The molecular formula is C21H28F3N5O2S. The van der Waals surface area contributed by atoms with E-state index in [1.54, 1.807) is 0 Å². The van der Waals surface area contributed by atoms with Crippen LogP contribution in [0.2, 0.25) is 0 Å². The molecule has 0 aliphatic heterocycles. The summed E-state index contributed by atoms with van der Waals surface area (Å²) >= 11 is 0. The molecule has 2 saturated carbocycles. The Kier molecular flexibility index (Phi) is 6.32. The van der Waals surface area contributed by atoms with Crippen LogP contribution >= 0.6 is 0 Å². The molecule has 1 aromatic heterocycles. The van der Waals surface area contributed by atoms with Crippen molar-refractivity contribution in [3.05, 3.63) is 23.3 Å². The van der Waals surface area contributed by atoms with E-state index in [1.807, 2.05) is 0 Å². The zero-order chi connectivity index (χ0) is 23.1. The Hall–Kier alpha value is -2.01. The second kappa shape index (κ2) is 8.74. The molecule has 0 saturated heterocycles. The van der Waals surface area contributed by atoms with Crippen molar-refractivity contribution < 1.29 is 21.6 Å². The number of H-pyrrole nitrogens is 1. The summed E-state index contributed by atoms with van der Waals surface area (Å²) in [5, 5.41) is 13.4. The molecular weight excluding hydrogens is 443 g/mol. The normalized spacial score (nSPS) is 27.0. The molecule has 0 spiro atoms. The van der Waals surface area contributed by atoms with Crippen molar-refractivity contribution in [2.24, 2.45) is 17.6 Å². The maximum atomic E-state index is 13.7. The summed E-state index contributed by atoms with van der Waals surface area (Å²) < 4.78 is 66.2. The molecule has 0 radical (unpaired) electrons. The zero-order valence-corrected chi connectivity index (χ0v) is 18.7. The molecule has 3 N–H and O–H groups in total. The third kappa shape index (κ3) is 4.83. The van der Waals surface area contributed by atoms with E-state index in [0.717, 1.165) is 57.3 Å². The first-order chi connectivity index (χ1) is 15.0. The van der Waals surface area contributed by atoms with Gasteiger partial charge >= 0.3 is 6.18 Å². The van der Waals surface area contributed by atoms with Gasteiger partial charge in [0.25, 0.3) is 0 Å². The van der Waals surface area contributed by atoms with Gasteiger partial charge in [0.15, 0.2) is 9.84 Å². The van der Waals surface area contributed by atoms with Crippen LogP contribution in [0.1, 0.15) is 68.4 Å². The van der Waals surface area contributed by atoms with Gasteiger partial charge in [-0.3, -0.25) is 0 Å². The van der Waals surface area contributed by atoms with Crippen molar-refractivity contribution in [2.45, 2.75) is 74.4 Å². The number of sulfone groups is 1. The Balaban J connectivity index is 1.66. The van der Waals surface area contributed by atoms with Crippen LogP contribution in [0.25, 0.3) is 11.4 Å². The lowest BCUT2D eigenvalue weighted by molar-refractivity contribution is -0.139. The summed E-state index contributed by atoms with van der Waals surface area (Å²) in [5.74, 6) is 1.03. The number of halogens is 3. The highest BCUT2D eigenvalue weighted by atomic mass is 32.2. The minimum Gasteiger partial charge on any atom is -0.328 e. The lowest BCUT2D eigenvalue weighted by Crippen LogP contribution is -2.20. The van der Waals surface area contributed by atoms with Crippen molar-refractivity contribution in [2.75, 3.05) is 6.26 Å². The summed E-state index contributed by atoms with van der Waals surface area (Å²) in [6, 6.07) is 2.57. The second-order valence-corrected chi connectivity index (χ2v) is 11.3. The number of hydrogen-bond acceptors (Lipinski definition) is 6. The molecule has 2 atom stereocenters. The summed E-state index contributed by atoms with van der Waals surface area (Å²) in [7, 11) is -4.22. The van der Waals surface area contributed by atoms with E-state index in [0.29, 0.717) is 23.4 Å². The number of alkyl halides is 3. The Labute approximate surface area is 185 Å². The third-order valence-electron chi connectivity index (χ3n) is 6.97. The van der Waals surface area contributed by atoms with Gasteiger partial charge in [0, 0.05) is 17.9 Å². The number of hydrogen-bond donors (Lipinski definition) is 2. The average Bonchev–Trinajstić information content (AvgIpc) is 3.38. The fraction of sp³-hybridized carbons (Fsp3) is 0.667. The molecule has 11 heteroatoms. The van der Waals surface area contributed by atoms with Crippen molar-refractivity contribution in [3.8, 4) is 11.4 Å². The minimum atomic E-state index is -4.82.